The molecule has 0 heterocycles. The van der Waals surface area contributed by atoms with Gasteiger partial charge in [0.1, 0.15) is 0 Å². The van der Waals surface area contributed by atoms with E-state index in [1.165, 1.54) is 12.1 Å². The summed E-state index contributed by atoms with van der Waals surface area (Å²) in [5.74, 6) is -0.0783. The number of hydrogen-bond acceptors (Lipinski definition) is 4. The van der Waals surface area contributed by atoms with E-state index in [9.17, 15) is 16.8 Å². The van der Waals surface area contributed by atoms with Gasteiger partial charge >= 0.3 is 10.3 Å². The molecule has 0 saturated carbocycles. The minimum Gasteiger partial charge on any atom is -0.269 e. The van der Waals surface area contributed by atoms with Crippen molar-refractivity contribution in [3.8, 4) is 0 Å². The van der Waals surface area contributed by atoms with Crippen LogP contribution in [0.5, 0.6) is 0 Å². The van der Waals surface area contributed by atoms with Crippen LogP contribution in [0.1, 0.15) is 11.1 Å². The van der Waals surface area contributed by atoms with Gasteiger partial charge in [-0.25, -0.2) is 13.1 Å². The number of anilines is 1. The van der Waals surface area contributed by atoms with Gasteiger partial charge in [0, 0.05) is 6.54 Å². The first-order chi connectivity index (χ1) is 11.2. The Morgan fingerprint density at radius 1 is 0.833 bits per heavy atom. The summed E-state index contributed by atoms with van der Waals surface area (Å²) in [6.07, 6.45) is 0.459. The molecule has 0 atom stereocenters. The molecule has 2 aromatic rings. The number of rotatable bonds is 8. The van der Waals surface area contributed by atoms with Crippen LogP contribution in [0.2, 0.25) is 0 Å². The first-order valence-electron chi connectivity index (χ1n) is 7.09. The predicted molar refractivity (Wildman–Crippen MR) is 92.4 cm³/mol. The van der Waals surface area contributed by atoms with Gasteiger partial charge in [-0.3, -0.25) is 9.27 Å². The van der Waals surface area contributed by atoms with E-state index in [0.29, 0.717) is 12.0 Å². The minimum atomic E-state index is -4.30. The highest BCUT2D eigenvalue weighted by Crippen LogP contribution is 2.11. The lowest BCUT2D eigenvalue weighted by molar-refractivity contribution is 0.489. The van der Waals surface area contributed by atoms with E-state index in [4.69, 9.17) is 4.55 Å². The molecular weight excluding hydrogens is 352 g/mol. The van der Waals surface area contributed by atoms with Crippen molar-refractivity contribution >= 4 is 26.0 Å². The van der Waals surface area contributed by atoms with E-state index in [0.717, 1.165) is 5.56 Å². The van der Waals surface area contributed by atoms with Gasteiger partial charge in [-0.2, -0.15) is 8.42 Å². The fourth-order valence-corrected chi connectivity index (χ4v) is 3.66. The van der Waals surface area contributed by atoms with Gasteiger partial charge in [-0.05, 0) is 29.7 Å². The Labute approximate surface area is 141 Å². The van der Waals surface area contributed by atoms with Gasteiger partial charge < -0.3 is 0 Å². The number of nitrogens with one attached hydrogen (secondary N) is 2. The Kier molecular flexibility index (Phi) is 5.94. The Morgan fingerprint density at radius 3 is 2.04 bits per heavy atom. The first kappa shape index (κ1) is 18.4. The summed E-state index contributed by atoms with van der Waals surface area (Å²) in [6.45, 7) is 0.236. The van der Waals surface area contributed by atoms with Gasteiger partial charge in [0.25, 0.3) is 0 Å². The van der Waals surface area contributed by atoms with E-state index < -0.39 is 20.3 Å². The molecule has 0 saturated heterocycles. The van der Waals surface area contributed by atoms with Gasteiger partial charge in [-0.15, -0.1) is 0 Å². The van der Waals surface area contributed by atoms with Crippen LogP contribution in [-0.4, -0.2) is 27.9 Å². The molecule has 0 aromatic heterocycles. The van der Waals surface area contributed by atoms with Gasteiger partial charge in [0.15, 0.2) is 0 Å². The summed E-state index contributed by atoms with van der Waals surface area (Å²) < 4.78 is 58.5. The third-order valence-electron chi connectivity index (χ3n) is 3.14. The van der Waals surface area contributed by atoms with Crippen molar-refractivity contribution in [1.29, 1.82) is 0 Å². The normalized spacial score (nSPS) is 12.0. The van der Waals surface area contributed by atoms with Crippen LogP contribution in [0.3, 0.4) is 0 Å². The van der Waals surface area contributed by atoms with E-state index >= 15 is 0 Å². The summed E-state index contributed by atoms with van der Waals surface area (Å²) in [4.78, 5) is 0. The van der Waals surface area contributed by atoms with Gasteiger partial charge in [0.05, 0.1) is 11.4 Å². The summed E-state index contributed by atoms with van der Waals surface area (Å²) >= 11 is 0. The van der Waals surface area contributed by atoms with Crippen molar-refractivity contribution in [3.05, 3.63) is 65.7 Å². The summed E-state index contributed by atoms with van der Waals surface area (Å²) in [6, 6.07) is 15.2. The monoisotopic (exact) mass is 370 g/mol. The van der Waals surface area contributed by atoms with E-state index in [2.05, 4.69) is 4.72 Å². The van der Waals surface area contributed by atoms with E-state index in [1.54, 1.807) is 36.4 Å². The molecule has 3 N–H and O–H groups in total. The number of benzene rings is 2. The zero-order chi connectivity index (χ0) is 17.6. The zero-order valence-corrected chi connectivity index (χ0v) is 14.3. The molecule has 130 valence electrons. The second-order valence-corrected chi connectivity index (χ2v) is 8.12. The predicted octanol–water partition coefficient (Wildman–Crippen LogP) is 1.56. The number of sulfonamides is 1. The Morgan fingerprint density at radius 2 is 1.46 bits per heavy atom. The van der Waals surface area contributed by atoms with Crippen molar-refractivity contribution in [1.82, 2.24) is 4.72 Å². The quantitative estimate of drug-likeness (QED) is 0.611. The molecule has 0 spiro atoms. The molecular formula is C15H18N2O5S2. The maximum atomic E-state index is 12.0. The fourth-order valence-electron chi connectivity index (χ4n) is 2.08. The summed E-state index contributed by atoms with van der Waals surface area (Å²) in [7, 11) is -7.71. The average Bonchev–Trinajstić information content (AvgIpc) is 2.48. The van der Waals surface area contributed by atoms with Crippen molar-refractivity contribution in [2.75, 3.05) is 11.3 Å². The molecule has 2 aromatic carbocycles. The average molecular weight is 370 g/mol. The Hall–Kier alpha value is -1.94. The van der Waals surface area contributed by atoms with Crippen LogP contribution < -0.4 is 9.44 Å². The summed E-state index contributed by atoms with van der Waals surface area (Å²) in [5.41, 5.74) is 1.77. The largest absolute Gasteiger partial charge is 0.357 e. The van der Waals surface area contributed by atoms with Crippen molar-refractivity contribution in [3.63, 3.8) is 0 Å². The molecule has 0 radical (unpaired) electrons. The Bertz CT molecular complexity index is 864. The Balaban J connectivity index is 1.85. The second kappa shape index (κ2) is 7.75. The lowest BCUT2D eigenvalue weighted by Crippen LogP contribution is -2.27. The first-order valence-corrected chi connectivity index (χ1v) is 10.2. The molecule has 0 unspecified atom stereocenters. The molecule has 2 rings (SSSR count). The van der Waals surface area contributed by atoms with Gasteiger partial charge in [-0.1, -0.05) is 42.5 Å². The highest BCUT2D eigenvalue weighted by atomic mass is 32.2. The third kappa shape index (κ3) is 6.67. The molecule has 0 aliphatic carbocycles. The van der Waals surface area contributed by atoms with Crippen LogP contribution >= 0.6 is 0 Å². The zero-order valence-electron chi connectivity index (χ0n) is 12.7. The van der Waals surface area contributed by atoms with Crippen LogP contribution in [0.25, 0.3) is 0 Å². The van der Waals surface area contributed by atoms with E-state index in [-0.39, 0.29) is 18.0 Å². The van der Waals surface area contributed by atoms with Crippen LogP contribution in [-0.2, 0) is 32.5 Å². The lowest BCUT2D eigenvalue weighted by atomic mass is 10.1. The minimum absolute atomic E-state index is 0.0783. The maximum Gasteiger partial charge on any atom is 0.357 e. The van der Waals surface area contributed by atoms with Crippen LogP contribution in [0, 0.1) is 0 Å². The smallest absolute Gasteiger partial charge is 0.269 e. The lowest BCUT2D eigenvalue weighted by Gasteiger charge is -2.08. The molecule has 0 bridgehead atoms. The number of hydrogen-bond donors (Lipinski definition) is 3. The third-order valence-corrected chi connectivity index (χ3v) is 4.99. The molecule has 9 heteroatoms. The highest BCUT2D eigenvalue weighted by molar-refractivity contribution is 7.88. The summed E-state index contributed by atoms with van der Waals surface area (Å²) in [5, 5.41) is 0. The second-order valence-electron chi connectivity index (χ2n) is 5.16. The van der Waals surface area contributed by atoms with E-state index in [1.807, 2.05) is 10.8 Å². The van der Waals surface area contributed by atoms with Crippen LogP contribution in [0.4, 0.5) is 5.69 Å². The maximum absolute atomic E-state index is 12.0. The molecule has 0 fully saturated rings. The topological polar surface area (TPSA) is 113 Å². The highest BCUT2D eigenvalue weighted by Gasteiger charge is 2.10. The molecule has 7 nitrogen and oxygen atoms in total. The van der Waals surface area contributed by atoms with Crippen molar-refractivity contribution in [2.24, 2.45) is 0 Å². The van der Waals surface area contributed by atoms with Crippen LogP contribution in [0.15, 0.2) is 54.6 Å². The van der Waals surface area contributed by atoms with Gasteiger partial charge in [0.2, 0.25) is 10.0 Å². The van der Waals surface area contributed by atoms with Crippen molar-refractivity contribution < 1.29 is 21.4 Å². The molecule has 0 aliphatic rings. The molecule has 0 amide bonds. The van der Waals surface area contributed by atoms with Crippen molar-refractivity contribution in [2.45, 2.75) is 12.2 Å². The fraction of sp³-hybridized carbons (Fsp3) is 0.200. The standard InChI is InChI=1S/C15H18N2O5S2/c18-23(19,12-14-4-2-1-3-5-14)16-11-10-13-6-8-15(9-7-13)17-24(20,21)22/h1-9,16-17H,10-12H2,(H,20,21,22). The SMILES string of the molecule is O=S(=O)(O)Nc1ccc(CCNS(=O)(=O)Cc2ccccc2)cc1. The molecule has 0 aliphatic heterocycles. The molecule has 24 heavy (non-hydrogen) atoms.